The van der Waals surface area contributed by atoms with Crippen molar-refractivity contribution in [2.24, 2.45) is 0 Å². The molecule has 4 aromatic heterocycles. The van der Waals surface area contributed by atoms with E-state index >= 15 is 0 Å². The molecule has 0 aliphatic carbocycles. The van der Waals surface area contributed by atoms with E-state index in [2.05, 4.69) is 25.4 Å². The average Bonchev–Trinajstić information content (AvgIpc) is 3.09. The molecule has 4 heterocycles. The topological polar surface area (TPSA) is 68.0 Å². The first-order valence-electron chi connectivity index (χ1n) is 8.29. The zero-order chi connectivity index (χ0) is 21.5. The second-order valence-electron chi connectivity index (χ2n) is 6.11. The summed E-state index contributed by atoms with van der Waals surface area (Å²) in [7, 11) is 0. The van der Waals surface area contributed by atoms with E-state index < -0.39 is 23.5 Å². The highest BCUT2D eigenvalue weighted by Gasteiger charge is 2.34. The average molecular weight is 424 g/mol. The van der Waals surface area contributed by atoms with Gasteiger partial charge in [-0.1, -0.05) is 0 Å². The molecule has 1 N–H and O–H groups in total. The molecule has 0 saturated heterocycles. The molecule has 0 fully saturated rings. The number of nitrogens with one attached hydrogen (secondary N) is 1. The van der Waals surface area contributed by atoms with Crippen LogP contribution in [0.2, 0.25) is 0 Å². The van der Waals surface area contributed by atoms with Crippen LogP contribution < -0.4 is 5.32 Å². The van der Waals surface area contributed by atoms with Crippen molar-refractivity contribution in [2.45, 2.75) is 12.4 Å². The molecule has 4 aromatic rings. The van der Waals surface area contributed by atoms with Gasteiger partial charge in [0, 0.05) is 18.0 Å². The number of nitrogens with zero attached hydrogens (tertiary/aromatic N) is 5. The van der Waals surface area contributed by atoms with Crippen LogP contribution in [0.5, 0.6) is 0 Å². The fourth-order valence-corrected chi connectivity index (χ4v) is 2.72. The highest BCUT2D eigenvalue weighted by atomic mass is 19.4. The van der Waals surface area contributed by atoms with E-state index in [4.69, 9.17) is 0 Å². The van der Waals surface area contributed by atoms with Gasteiger partial charge < -0.3 is 5.32 Å². The maximum Gasteiger partial charge on any atom is 0.418 e. The predicted molar refractivity (Wildman–Crippen MR) is 93.7 cm³/mol. The molecule has 30 heavy (non-hydrogen) atoms. The van der Waals surface area contributed by atoms with Crippen LogP contribution in [0.25, 0.3) is 16.9 Å². The van der Waals surface area contributed by atoms with Gasteiger partial charge in [0.25, 0.3) is 0 Å². The quantitative estimate of drug-likeness (QED) is 0.471. The molecule has 0 atom stereocenters. The molecular weight excluding hydrogens is 414 g/mol. The van der Waals surface area contributed by atoms with Crippen molar-refractivity contribution in [3.8, 4) is 11.3 Å². The number of hydrogen-bond donors (Lipinski definition) is 1. The molecule has 0 saturated carbocycles. The SMILES string of the molecule is FC(F)(F)c1ccc(Nc2cnc3cc(-c4ncccc4C(F)(F)F)cnn23)nc1. The summed E-state index contributed by atoms with van der Waals surface area (Å²) in [6.45, 7) is 0. The lowest BCUT2D eigenvalue weighted by Gasteiger charge is -2.11. The second kappa shape index (κ2) is 6.97. The van der Waals surface area contributed by atoms with Crippen LogP contribution in [-0.2, 0) is 12.4 Å². The minimum atomic E-state index is -4.59. The van der Waals surface area contributed by atoms with E-state index in [9.17, 15) is 26.3 Å². The van der Waals surface area contributed by atoms with E-state index in [1.54, 1.807) is 0 Å². The van der Waals surface area contributed by atoms with Crippen molar-refractivity contribution in [3.63, 3.8) is 0 Å². The van der Waals surface area contributed by atoms with Crippen molar-refractivity contribution in [2.75, 3.05) is 5.32 Å². The maximum absolute atomic E-state index is 13.2. The Morgan fingerprint density at radius 3 is 2.30 bits per heavy atom. The van der Waals surface area contributed by atoms with E-state index in [0.29, 0.717) is 6.20 Å². The molecule has 0 radical (unpaired) electrons. The van der Waals surface area contributed by atoms with Gasteiger partial charge in [-0.2, -0.15) is 36.0 Å². The minimum absolute atomic E-state index is 0.111. The second-order valence-corrected chi connectivity index (χ2v) is 6.11. The van der Waals surface area contributed by atoms with Crippen LogP contribution in [0.15, 0.2) is 55.1 Å². The van der Waals surface area contributed by atoms with Crippen molar-refractivity contribution >= 4 is 17.3 Å². The number of alkyl halides is 6. The summed E-state index contributed by atoms with van der Waals surface area (Å²) in [6, 6.07) is 5.48. The molecule has 0 aliphatic rings. The number of rotatable bonds is 3. The standard InChI is InChI=1S/C18H10F6N6/c19-17(20,21)11-3-4-13(26-8-11)29-15-9-27-14-6-10(7-28-30(14)15)16-12(18(22,23)24)2-1-5-25-16/h1-9H,(H,26,29). The Balaban J connectivity index is 1.66. The van der Waals surface area contributed by atoms with Gasteiger partial charge in [0.15, 0.2) is 11.5 Å². The van der Waals surface area contributed by atoms with Crippen LogP contribution >= 0.6 is 0 Å². The van der Waals surface area contributed by atoms with E-state index in [1.165, 1.54) is 35.2 Å². The monoisotopic (exact) mass is 424 g/mol. The van der Waals surface area contributed by atoms with Gasteiger partial charge in [0.1, 0.15) is 5.82 Å². The zero-order valence-corrected chi connectivity index (χ0v) is 14.7. The normalized spacial score (nSPS) is 12.3. The molecule has 6 nitrogen and oxygen atoms in total. The number of anilines is 2. The zero-order valence-electron chi connectivity index (χ0n) is 14.7. The van der Waals surface area contributed by atoms with Crippen LogP contribution in [0.3, 0.4) is 0 Å². The molecule has 12 heteroatoms. The lowest BCUT2D eigenvalue weighted by atomic mass is 10.1. The molecule has 154 valence electrons. The van der Waals surface area contributed by atoms with Gasteiger partial charge in [-0.3, -0.25) is 4.98 Å². The van der Waals surface area contributed by atoms with Crippen LogP contribution in [0.1, 0.15) is 11.1 Å². The molecular formula is C18H10F6N6. The van der Waals surface area contributed by atoms with Gasteiger partial charge in [-0.05, 0) is 30.3 Å². The van der Waals surface area contributed by atoms with Crippen molar-refractivity contribution < 1.29 is 26.3 Å². The van der Waals surface area contributed by atoms with Crippen LogP contribution in [-0.4, -0.2) is 24.6 Å². The van der Waals surface area contributed by atoms with Gasteiger partial charge in [0.2, 0.25) is 0 Å². The molecule has 0 unspecified atom stereocenters. The lowest BCUT2D eigenvalue weighted by Crippen LogP contribution is -2.08. The van der Waals surface area contributed by atoms with Gasteiger partial charge in [-0.15, -0.1) is 0 Å². The Morgan fingerprint density at radius 1 is 0.833 bits per heavy atom. The summed E-state index contributed by atoms with van der Waals surface area (Å²) in [5, 5.41) is 6.83. The summed E-state index contributed by atoms with van der Waals surface area (Å²) in [5.74, 6) is 0.376. The fraction of sp³-hybridized carbons (Fsp3) is 0.111. The number of halogens is 6. The summed E-state index contributed by atoms with van der Waals surface area (Å²) >= 11 is 0. The van der Waals surface area contributed by atoms with Gasteiger partial charge in [-0.25, -0.2) is 9.97 Å². The highest BCUT2D eigenvalue weighted by Crippen LogP contribution is 2.36. The van der Waals surface area contributed by atoms with E-state index in [1.807, 2.05) is 0 Å². The largest absolute Gasteiger partial charge is 0.418 e. The molecule has 0 aliphatic heterocycles. The molecule has 0 amide bonds. The third-order valence-corrected chi connectivity index (χ3v) is 4.09. The smallest absolute Gasteiger partial charge is 0.324 e. The third-order valence-electron chi connectivity index (χ3n) is 4.09. The Hall–Kier alpha value is -3.70. The first kappa shape index (κ1) is 19.6. The van der Waals surface area contributed by atoms with Crippen molar-refractivity contribution in [1.29, 1.82) is 0 Å². The fourth-order valence-electron chi connectivity index (χ4n) is 2.72. The number of pyridine rings is 2. The Bertz CT molecular complexity index is 1200. The van der Waals surface area contributed by atoms with Crippen molar-refractivity contribution in [1.82, 2.24) is 24.6 Å². The van der Waals surface area contributed by atoms with Crippen LogP contribution in [0, 0.1) is 0 Å². The first-order valence-corrected chi connectivity index (χ1v) is 8.29. The predicted octanol–water partition coefficient (Wildman–Crippen LogP) is 4.97. The number of hydrogen-bond acceptors (Lipinski definition) is 5. The minimum Gasteiger partial charge on any atom is -0.324 e. The summed E-state index contributed by atoms with van der Waals surface area (Å²) in [6.07, 6.45) is -4.66. The Kier molecular flexibility index (Phi) is 4.56. The van der Waals surface area contributed by atoms with Gasteiger partial charge in [0.05, 0.1) is 29.2 Å². The van der Waals surface area contributed by atoms with Crippen LogP contribution in [0.4, 0.5) is 38.0 Å². The number of imidazole rings is 1. The summed E-state index contributed by atoms with van der Waals surface area (Å²) in [4.78, 5) is 11.6. The number of aromatic nitrogens is 5. The van der Waals surface area contributed by atoms with E-state index in [-0.39, 0.29) is 28.5 Å². The van der Waals surface area contributed by atoms with E-state index in [0.717, 1.165) is 18.2 Å². The van der Waals surface area contributed by atoms with Gasteiger partial charge >= 0.3 is 12.4 Å². The summed E-state index contributed by atoms with van der Waals surface area (Å²) < 4.78 is 78.8. The lowest BCUT2D eigenvalue weighted by molar-refractivity contribution is -0.138. The highest BCUT2D eigenvalue weighted by molar-refractivity contribution is 5.68. The maximum atomic E-state index is 13.2. The first-order chi connectivity index (χ1) is 14.1. The Labute approximate surface area is 164 Å². The molecule has 4 rings (SSSR count). The Morgan fingerprint density at radius 2 is 1.63 bits per heavy atom. The number of fused-ring (bicyclic) bond motifs is 1. The molecule has 0 spiro atoms. The molecule has 0 aromatic carbocycles. The third kappa shape index (κ3) is 3.75. The molecule has 0 bridgehead atoms. The summed E-state index contributed by atoms with van der Waals surface area (Å²) in [5.41, 5.74) is -1.78. The van der Waals surface area contributed by atoms with Crippen molar-refractivity contribution in [3.05, 3.63) is 66.2 Å².